The molecule has 1 N–H and O–H groups in total. The summed E-state index contributed by atoms with van der Waals surface area (Å²) < 4.78 is 28.0. The summed E-state index contributed by atoms with van der Waals surface area (Å²) in [5.74, 6) is 0.969. The molecule has 0 aromatic heterocycles. The molecule has 2 unspecified atom stereocenters. The molecule has 1 aliphatic carbocycles. The van der Waals surface area contributed by atoms with Crippen molar-refractivity contribution in [3.63, 3.8) is 0 Å². The van der Waals surface area contributed by atoms with E-state index < -0.39 is 6.61 Å². The first-order chi connectivity index (χ1) is 6.72. The lowest BCUT2D eigenvalue weighted by atomic mass is 9.82. The van der Waals surface area contributed by atoms with Crippen LogP contribution in [-0.4, -0.2) is 26.8 Å². The van der Waals surface area contributed by atoms with Gasteiger partial charge in [0.25, 0.3) is 0 Å². The van der Waals surface area contributed by atoms with Crippen molar-refractivity contribution in [3.8, 4) is 0 Å². The minimum absolute atomic E-state index is 0.220. The molecule has 2 atom stereocenters. The highest BCUT2D eigenvalue weighted by Gasteiger charge is 2.22. The first kappa shape index (κ1) is 11.9. The molecule has 1 saturated carbocycles. The van der Waals surface area contributed by atoms with Crippen LogP contribution in [0.2, 0.25) is 0 Å². The van der Waals surface area contributed by atoms with Crippen molar-refractivity contribution in [2.75, 3.05) is 20.2 Å². The van der Waals surface area contributed by atoms with Gasteiger partial charge in [-0.3, -0.25) is 0 Å². The van der Waals surface area contributed by atoms with Crippen LogP contribution in [0.3, 0.4) is 0 Å². The van der Waals surface area contributed by atoms with E-state index in [9.17, 15) is 8.78 Å². The maximum absolute atomic E-state index is 11.8. The minimum Gasteiger partial charge on any atom is -0.323 e. The molecule has 2 nitrogen and oxygen atoms in total. The fourth-order valence-electron chi connectivity index (χ4n) is 2.24. The Bertz CT molecular complexity index is 153. The molecule has 84 valence electrons. The predicted octanol–water partition coefficient (Wildman–Crippen LogP) is 2.25. The van der Waals surface area contributed by atoms with Crippen molar-refractivity contribution in [1.82, 2.24) is 5.32 Å². The highest BCUT2D eigenvalue weighted by molar-refractivity contribution is 4.73. The molecule has 0 radical (unpaired) electrons. The molecule has 14 heavy (non-hydrogen) atoms. The number of hydrogen-bond acceptors (Lipinski definition) is 2. The third-order valence-corrected chi connectivity index (χ3v) is 2.84. The smallest absolute Gasteiger partial charge is 0.323 e. The average Bonchev–Trinajstić information content (AvgIpc) is 2.16. The summed E-state index contributed by atoms with van der Waals surface area (Å²) in [4.78, 5) is 0. The van der Waals surface area contributed by atoms with Crippen LogP contribution in [-0.2, 0) is 4.74 Å². The van der Waals surface area contributed by atoms with Crippen molar-refractivity contribution in [3.05, 3.63) is 0 Å². The van der Waals surface area contributed by atoms with E-state index >= 15 is 0 Å². The zero-order valence-corrected chi connectivity index (χ0v) is 8.64. The van der Waals surface area contributed by atoms with Gasteiger partial charge >= 0.3 is 6.61 Å². The number of hydrogen-bond donors (Lipinski definition) is 1. The van der Waals surface area contributed by atoms with Gasteiger partial charge in [0.2, 0.25) is 0 Å². The van der Waals surface area contributed by atoms with Gasteiger partial charge in [-0.15, -0.1) is 0 Å². The molecule has 0 spiro atoms. The lowest BCUT2D eigenvalue weighted by molar-refractivity contribution is -0.141. The Kier molecular flexibility index (Phi) is 5.33. The van der Waals surface area contributed by atoms with Crippen LogP contribution in [0.1, 0.15) is 25.7 Å². The summed E-state index contributed by atoms with van der Waals surface area (Å²) in [5.41, 5.74) is 0. The monoisotopic (exact) mass is 207 g/mol. The largest absolute Gasteiger partial charge is 0.345 e. The van der Waals surface area contributed by atoms with Crippen LogP contribution >= 0.6 is 0 Å². The second-order valence-corrected chi connectivity index (χ2v) is 4.05. The van der Waals surface area contributed by atoms with E-state index in [1.54, 1.807) is 0 Å². The van der Waals surface area contributed by atoms with Crippen LogP contribution in [0.25, 0.3) is 0 Å². The van der Waals surface area contributed by atoms with Crippen LogP contribution < -0.4 is 5.32 Å². The fourth-order valence-corrected chi connectivity index (χ4v) is 2.24. The fraction of sp³-hybridized carbons (Fsp3) is 1.00. The Morgan fingerprint density at radius 3 is 2.71 bits per heavy atom. The van der Waals surface area contributed by atoms with Gasteiger partial charge in [-0.2, -0.15) is 8.78 Å². The molecule has 0 bridgehead atoms. The van der Waals surface area contributed by atoms with E-state index in [1.807, 2.05) is 7.05 Å². The Labute approximate surface area is 84.0 Å². The third-order valence-electron chi connectivity index (χ3n) is 2.84. The summed E-state index contributed by atoms with van der Waals surface area (Å²) >= 11 is 0. The van der Waals surface area contributed by atoms with E-state index in [4.69, 9.17) is 0 Å². The number of rotatable bonds is 5. The lowest BCUT2D eigenvalue weighted by Crippen LogP contribution is -2.27. The van der Waals surface area contributed by atoms with Gasteiger partial charge in [0.1, 0.15) is 0 Å². The molecule has 1 fully saturated rings. The summed E-state index contributed by atoms with van der Waals surface area (Å²) in [6, 6.07) is 0. The topological polar surface area (TPSA) is 21.3 Å². The number of halogens is 2. The van der Waals surface area contributed by atoms with Crippen LogP contribution in [0.15, 0.2) is 0 Å². The Morgan fingerprint density at radius 1 is 1.36 bits per heavy atom. The van der Waals surface area contributed by atoms with E-state index in [1.165, 1.54) is 6.42 Å². The van der Waals surface area contributed by atoms with Crippen LogP contribution in [0.4, 0.5) is 8.78 Å². The standard InChI is InChI=1S/C10H19F2NO/c1-13-6-8-3-2-4-9(5-8)7-14-10(11)12/h8-10,13H,2-7H2,1H3. The second kappa shape index (κ2) is 6.30. The van der Waals surface area contributed by atoms with Crippen molar-refractivity contribution >= 4 is 0 Å². The van der Waals surface area contributed by atoms with E-state index in [0.29, 0.717) is 11.8 Å². The zero-order chi connectivity index (χ0) is 10.4. The van der Waals surface area contributed by atoms with Gasteiger partial charge in [0.05, 0.1) is 6.61 Å². The minimum atomic E-state index is -2.61. The molecule has 0 saturated heterocycles. The normalized spacial score (nSPS) is 28.3. The van der Waals surface area contributed by atoms with Gasteiger partial charge in [-0.05, 0) is 44.7 Å². The molecule has 4 heteroatoms. The van der Waals surface area contributed by atoms with Crippen LogP contribution in [0, 0.1) is 11.8 Å². The van der Waals surface area contributed by atoms with Crippen molar-refractivity contribution in [2.45, 2.75) is 32.3 Å². The van der Waals surface area contributed by atoms with Gasteiger partial charge < -0.3 is 10.1 Å². The molecule has 1 aliphatic rings. The highest BCUT2D eigenvalue weighted by Crippen LogP contribution is 2.29. The van der Waals surface area contributed by atoms with Gasteiger partial charge in [0, 0.05) is 0 Å². The summed E-state index contributed by atoms with van der Waals surface area (Å²) in [5, 5.41) is 3.13. The number of ether oxygens (including phenoxy) is 1. The molecule has 0 aromatic rings. The molecule has 1 rings (SSSR count). The lowest BCUT2D eigenvalue weighted by Gasteiger charge is -2.28. The zero-order valence-electron chi connectivity index (χ0n) is 8.64. The predicted molar refractivity (Wildman–Crippen MR) is 51.3 cm³/mol. The quantitative estimate of drug-likeness (QED) is 0.746. The molecular weight excluding hydrogens is 188 g/mol. The molecule has 0 aromatic carbocycles. The third kappa shape index (κ3) is 4.33. The first-order valence-corrected chi connectivity index (χ1v) is 5.26. The summed E-state index contributed by atoms with van der Waals surface area (Å²) in [6.45, 7) is -1.40. The van der Waals surface area contributed by atoms with Gasteiger partial charge in [-0.25, -0.2) is 0 Å². The highest BCUT2D eigenvalue weighted by atomic mass is 19.3. The molecule has 0 aliphatic heterocycles. The Morgan fingerprint density at radius 2 is 2.07 bits per heavy atom. The first-order valence-electron chi connectivity index (χ1n) is 5.26. The number of alkyl halides is 2. The SMILES string of the molecule is CNCC1CCCC(COC(F)F)C1. The average molecular weight is 207 g/mol. The van der Waals surface area contributed by atoms with E-state index in [0.717, 1.165) is 25.8 Å². The Hall–Kier alpha value is -0.220. The number of nitrogens with one attached hydrogen (secondary N) is 1. The molecule has 0 heterocycles. The maximum atomic E-state index is 11.8. The summed E-state index contributed by atoms with van der Waals surface area (Å²) in [7, 11) is 1.93. The molecule has 0 amide bonds. The van der Waals surface area contributed by atoms with Crippen molar-refractivity contribution < 1.29 is 13.5 Å². The summed E-state index contributed by atoms with van der Waals surface area (Å²) in [6.07, 6.45) is 4.41. The van der Waals surface area contributed by atoms with Gasteiger partial charge in [0.15, 0.2) is 0 Å². The maximum Gasteiger partial charge on any atom is 0.345 e. The second-order valence-electron chi connectivity index (χ2n) is 4.05. The Balaban J connectivity index is 2.18. The van der Waals surface area contributed by atoms with Gasteiger partial charge in [-0.1, -0.05) is 6.42 Å². The van der Waals surface area contributed by atoms with Crippen molar-refractivity contribution in [2.24, 2.45) is 11.8 Å². The van der Waals surface area contributed by atoms with Crippen molar-refractivity contribution in [1.29, 1.82) is 0 Å². The van der Waals surface area contributed by atoms with E-state index in [-0.39, 0.29) is 6.61 Å². The van der Waals surface area contributed by atoms with Crippen LogP contribution in [0.5, 0.6) is 0 Å². The molecular formula is C10H19F2NO. The van der Waals surface area contributed by atoms with E-state index in [2.05, 4.69) is 10.1 Å².